The van der Waals surface area contributed by atoms with Gasteiger partial charge in [0, 0.05) is 41.4 Å². The number of allylic oxidation sites excluding steroid dienone is 2. The van der Waals surface area contributed by atoms with Gasteiger partial charge in [-0.15, -0.1) is 0 Å². The molecular formula is C30H38ClF2N5O3. The van der Waals surface area contributed by atoms with E-state index in [1.165, 1.54) is 6.92 Å². The number of anilines is 1. The van der Waals surface area contributed by atoms with Gasteiger partial charge in [-0.3, -0.25) is 9.69 Å². The summed E-state index contributed by atoms with van der Waals surface area (Å²) in [6, 6.07) is 5.37. The van der Waals surface area contributed by atoms with Crippen LogP contribution >= 0.6 is 11.6 Å². The molecule has 0 bridgehead atoms. The topological polar surface area (TPSA) is 105 Å². The third-order valence-corrected chi connectivity index (χ3v) is 8.75. The van der Waals surface area contributed by atoms with Crippen LogP contribution in [-0.2, 0) is 4.79 Å². The quantitative estimate of drug-likeness (QED) is 0.379. The van der Waals surface area contributed by atoms with Gasteiger partial charge in [-0.1, -0.05) is 24.9 Å². The lowest BCUT2D eigenvalue weighted by atomic mass is 9.59. The highest BCUT2D eigenvalue weighted by Crippen LogP contribution is 2.53. The van der Waals surface area contributed by atoms with Gasteiger partial charge in [0.25, 0.3) is 5.92 Å². The zero-order valence-corrected chi connectivity index (χ0v) is 24.8. The highest BCUT2D eigenvalue weighted by molar-refractivity contribution is 6.33. The molecule has 1 aliphatic carbocycles. The summed E-state index contributed by atoms with van der Waals surface area (Å²) in [5, 5.41) is 10.5. The fourth-order valence-electron chi connectivity index (χ4n) is 6.36. The number of aliphatic hydroxyl groups excluding tert-OH is 1. The molecule has 0 radical (unpaired) electrons. The van der Waals surface area contributed by atoms with Gasteiger partial charge in [-0.25, -0.2) is 18.7 Å². The number of carbonyl (C=O) groups is 1. The van der Waals surface area contributed by atoms with Crippen molar-refractivity contribution in [2.24, 2.45) is 11.1 Å². The average molecular weight is 590 g/mol. The Labute approximate surface area is 244 Å². The van der Waals surface area contributed by atoms with Gasteiger partial charge in [0.1, 0.15) is 18.2 Å². The highest BCUT2D eigenvalue weighted by Gasteiger charge is 2.58. The summed E-state index contributed by atoms with van der Waals surface area (Å²) in [7, 11) is 0. The molecule has 3 N–H and O–H groups in total. The van der Waals surface area contributed by atoms with Crippen LogP contribution in [0.15, 0.2) is 23.9 Å². The third-order valence-electron chi connectivity index (χ3n) is 8.42. The first-order valence-electron chi connectivity index (χ1n) is 14.2. The lowest BCUT2D eigenvalue weighted by molar-refractivity contribution is -0.175. The maximum atomic E-state index is 13.4. The Morgan fingerprint density at radius 1 is 1.22 bits per heavy atom. The van der Waals surface area contributed by atoms with Crippen LogP contribution in [0.4, 0.5) is 14.6 Å². The number of hydrogen-bond acceptors (Lipinski definition) is 8. The number of nitrogens with two attached hydrogens (primary N) is 1. The Morgan fingerprint density at radius 2 is 1.90 bits per heavy atom. The summed E-state index contributed by atoms with van der Waals surface area (Å²) in [4.78, 5) is 26.4. The van der Waals surface area contributed by atoms with Crippen LogP contribution < -0.4 is 15.4 Å². The van der Waals surface area contributed by atoms with Crippen molar-refractivity contribution in [3.8, 4) is 17.1 Å². The van der Waals surface area contributed by atoms with Crippen LogP contribution in [0.3, 0.4) is 0 Å². The minimum Gasteiger partial charge on any atom is -0.491 e. The summed E-state index contributed by atoms with van der Waals surface area (Å²) >= 11 is 6.62. The predicted molar refractivity (Wildman–Crippen MR) is 155 cm³/mol. The van der Waals surface area contributed by atoms with E-state index in [4.69, 9.17) is 32.0 Å². The Kier molecular flexibility index (Phi) is 8.04. The van der Waals surface area contributed by atoms with Crippen molar-refractivity contribution < 1.29 is 23.4 Å². The molecule has 2 aromatic rings. The number of likely N-dealkylation sites (tertiary alicyclic amines) is 1. The Hall–Kier alpha value is -2.82. The summed E-state index contributed by atoms with van der Waals surface area (Å²) in [6.07, 6.45) is 2.68. The second-order valence-electron chi connectivity index (χ2n) is 12.0. The molecule has 8 nitrogen and oxygen atoms in total. The van der Waals surface area contributed by atoms with Crippen molar-refractivity contribution in [2.45, 2.75) is 71.4 Å². The lowest BCUT2D eigenvalue weighted by Gasteiger charge is -2.63. The molecule has 1 saturated carbocycles. The predicted octanol–water partition coefficient (Wildman–Crippen LogP) is 4.84. The first-order chi connectivity index (χ1) is 19.3. The molecular weight excluding hydrogens is 552 g/mol. The normalized spacial score (nSPS) is 21.0. The minimum absolute atomic E-state index is 0.0843. The smallest absolute Gasteiger partial charge is 0.272 e. The maximum absolute atomic E-state index is 13.4. The van der Waals surface area contributed by atoms with E-state index in [1.54, 1.807) is 25.1 Å². The van der Waals surface area contributed by atoms with Crippen molar-refractivity contribution in [3.05, 3.63) is 40.2 Å². The fraction of sp³-hybridized carbons (Fsp3) is 0.567. The van der Waals surface area contributed by atoms with Crippen LogP contribution in [0.25, 0.3) is 17.0 Å². The zero-order valence-electron chi connectivity index (χ0n) is 24.0. The van der Waals surface area contributed by atoms with Crippen molar-refractivity contribution in [3.63, 3.8) is 0 Å². The molecule has 3 aliphatic rings. The number of benzene rings is 1. The number of hydrogen-bond donors (Lipinski definition) is 2. The van der Waals surface area contributed by atoms with Gasteiger partial charge in [0.2, 0.25) is 0 Å². The maximum Gasteiger partial charge on any atom is 0.272 e. The summed E-state index contributed by atoms with van der Waals surface area (Å²) in [5.41, 5.74) is 8.66. The van der Waals surface area contributed by atoms with E-state index in [1.807, 2.05) is 18.7 Å². The van der Waals surface area contributed by atoms with Crippen molar-refractivity contribution in [2.75, 3.05) is 37.7 Å². The monoisotopic (exact) mass is 589 g/mol. The van der Waals surface area contributed by atoms with E-state index in [2.05, 4.69) is 4.90 Å². The number of ketones is 1. The number of alkyl halides is 2. The number of ether oxygens (including phenoxy) is 1. The fourth-order valence-corrected chi connectivity index (χ4v) is 6.56. The number of rotatable bonds is 10. The van der Waals surface area contributed by atoms with Crippen molar-refractivity contribution in [1.29, 1.82) is 0 Å². The summed E-state index contributed by atoms with van der Waals surface area (Å²) in [5.74, 6) is -1.22. The van der Waals surface area contributed by atoms with Gasteiger partial charge in [0.15, 0.2) is 11.6 Å². The molecule has 1 aromatic carbocycles. The molecule has 3 heterocycles. The van der Waals surface area contributed by atoms with Gasteiger partial charge in [-0.05, 0) is 58.2 Å². The van der Waals surface area contributed by atoms with E-state index in [0.29, 0.717) is 51.4 Å². The Morgan fingerprint density at radius 3 is 2.49 bits per heavy atom. The van der Waals surface area contributed by atoms with Crippen LogP contribution in [0.2, 0.25) is 5.02 Å². The standard InChI is InChI=1S/C30H38ClF2N5O3/c1-5-6-21(40)12-41-22-7-8-24(31)23(9-22)27-35-26(25(18(3)34)19(4)39)17(2)28(36-27)38-13-29(14-38)10-20(11-29)37-15-30(32,33)16-37/h7-9,20-21,40H,5-6,10-16,34H2,1-4H3/t21-/m1/s1. The molecule has 2 aliphatic heterocycles. The Bertz CT molecular complexity index is 1360. The molecule has 1 spiro atoms. The second kappa shape index (κ2) is 11.1. The lowest BCUT2D eigenvalue weighted by Crippen LogP contribution is -2.71. The van der Waals surface area contributed by atoms with Gasteiger partial charge in [-0.2, -0.15) is 0 Å². The highest BCUT2D eigenvalue weighted by atomic mass is 35.5. The number of Topliss-reactive ketones (excluding diaryl/α,β-unsaturated/α-hetero) is 1. The summed E-state index contributed by atoms with van der Waals surface area (Å²) in [6.45, 7) is 8.37. The molecule has 5 rings (SSSR count). The number of nitrogens with zero attached hydrogens (tertiary/aromatic N) is 4. The molecule has 41 heavy (non-hydrogen) atoms. The molecule has 222 valence electrons. The third kappa shape index (κ3) is 5.92. The first-order valence-corrected chi connectivity index (χ1v) is 14.5. The van der Waals surface area contributed by atoms with E-state index >= 15 is 0 Å². The first kappa shape index (κ1) is 29.7. The van der Waals surface area contributed by atoms with Crippen molar-refractivity contribution in [1.82, 2.24) is 14.9 Å². The molecule has 0 amide bonds. The molecule has 1 atom stereocenters. The average Bonchev–Trinajstić information content (AvgIpc) is 2.82. The largest absolute Gasteiger partial charge is 0.491 e. The number of halogens is 3. The molecule has 3 fully saturated rings. The molecule has 0 unspecified atom stereocenters. The van der Waals surface area contributed by atoms with Crippen LogP contribution in [-0.4, -0.2) is 76.6 Å². The zero-order chi connectivity index (χ0) is 29.7. The van der Waals surface area contributed by atoms with Crippen LogP contribution in [0.1, 0.15) is 57.7 Å². The van der Waals surface area contributed by atoms with E-state index in [0.717, 1.165) is 37.9 Å². The van der Waals surface area contributed by atoms with E-state index < -0.39 is 12.0 Å². The van der Waals surface area contributed by atoms with E-state index in [-0.39, 0.29) is 36.9 Å². The number of aliphatic hydroxyl groups is 1. The van der Waals surface area contributed by atoms with Crippen molar-refractivity contribution >= 4 is 28.8 Å². The van der Waals surface area contributed by atoms with Gasteiger partial charge < -0.3 is 20.5 Å². The molecule has 11 heteroatoms. The van der Waals surface area contributed by atoms with Gasteiger partial charge in [0.05, 0.1) is 35.5 Å². The minimum atomic E-state index is -2.55. The van der Waals surface area contributed by atoms with E-state index in [9.17, 15) is 18.7 Å². The van der Waals surface area contributed by atoms with Gasteiger partial charge >= 0.3 is 0 Å². The summed E-state index contributed by atoms with van der Waals surface area (Å²) < 4.78 is 32.5. The van der Waals surface area contributed by atoms with Crippen LogP contribution in [0, 0.1) is 12.3 Å². The number of aromatic nitrogens is 2. The SMILES string of the molecule is CCC[C@@H](O)COc1ccc(Cl)c(-c2nc(C(C(C)=O)=C(C)N)c(C)c(N3CC4(CC(N5CC(F)(F)C5)C4)C3)n2)c1. The van der Waals surface area contributed by atoms with Crippen LogP contribution in [0.5, 0.6) is 5.75 Å². The second-order valence-corrected chi connectivity index (χ2v) is 12.4. The molecule has 1 aromatic heterocycles. The number of carbonyl (C=O) groups excluding carboxylic acids is 1. The molecule has 2 saturated heterocycles. The Balaban J connectivity index is 1.44.